The summed E-state index contributed by atoms with van der Waals surface area (Å²) < 4.78 is 5.74. The van der Waals surface area contributed by atoms with E-state index >= 15 is 0 Å². The Balaban J connectivity index is 1.61. The minimum absolute atomic E-state index is 0.0378. The van der Waals surface area contributed by atoms with Crippen LogP contribution in [-0.4, -0.2) is 66.3 Å². The number of carboxylic acid groups (broad SMARTS) is 1. The molecule has 0 unspecified atom stereocenters. The first-order valence-electron chi connectivity index (χ1n) is 13.9. The van der Waals surface area contributed by atoms with Crippen molar-refractivity contribution in [2.75, 3.05) is 31.1 Å². The summed E-state index contributed by atoms with van der Waals surface area (Å²) in [5.41, 5.74) is 0.170. The molecule has 1 aliphatic carbocycles. The van der Waals surface area contributed by atoms with E-state index in [2.05, 4.69) is 24.1 Å². The average molecular weight is 544 g/mol. The van der Waals surface area contributed by atoms with Crippen molar-refractivity contribution in [3.05, 3.63) is 15.8 Å². The zero-order valence-electron chi connectivity index (χ0n) is 23.0. The summed E-state index contributed by atoms with van der Waals surface area (Å²) in [6.45, 7) is 10.6. The number of thiophene rings is 1. The van der Waals surface area contributed by atoms with E-state index in [1.165, 1.54) is 0 Å². The standard InChI is InChI=1S/C29H41N3O5S/c1-19-7-9-20(10-8-19)26(33)32(24-16-23(11-13-29(2,3)4)38-25(24)27(34)35)21-12-15-31(18-21)28(36)37-22-6-5-14-30-17-22/h16,19-22,30H,5-10,12,14-15,17-18H2,1-4H3,(H,34,35)/t19-,20-,21-,22+/m0/s1. The summed E-state index contributed by atoms with van der Waals surface area (Å²) in [6.07, 6.45) is 5.46. The molecule has 9 heteroatoms. The second-order valence-corrected chi connectivity index (χ2v) is 13.1. The molecule has 1 aromatic heterocycles. The minimum Gasteiger partial charge on any atom is -0.477 e. The van der Waals surface area contributed by atoms with Crippen molar-refractivity contribution in [2.24, 2.45) is 17.3 Å². The number of nitrogens with zero attached hydrogens (tertiary/aromatic N) is 2. The van der Waals surface area contributed by atoms with Gasteiger partial charge in [-0.25, -0.2) is 9.59 Å². The quantitative estimate of drug-likeness (QED) is 0.509. The van der Waals surface area contributed by atoms with Crippen LogP contribution in [0.15, 0.2) is 6.07 Å². The van der Waals surface area contributed by atoms with Gasteiger partial charge in [-0.3, -0.25) is 4.79 Å². The first-order valence-corrected chi connectivity index (χ1v) is 14.7. The number of likely N-dealkylation sites (tertiary alicyclic amines) is 1. The predicted molar refractivity (Wildman–Crippen MR) is 149 cm³/mol. The van der Waals surface area contributed by atoms with Crippen LogP contribution >= 0.6 is 11.3 Å². The maximum absolute atomic E-state index is 14.0. The van der Waals surface area contributed by atoms with Crippen LogP contribution in [0.2, 0.25) is 0 Å². The number of hydrogen-bond donors (Lipinski definition) is 2. The van der Waals surface area contributed by atoms with Gasteiger partial charge in [0.1, 0.15) is 11.0 Å². The lowest BCUT2D eigenvalue weighted by molar-refractivity contribution is -0.124. The van der Waals surface area contributed by atoms with Gasteiger partial charge in [-0.2, -0.15) is 0 Å². The Morgan fingerprint density at radius 3 is 2.53 bits per heavy atom. The van der Waals surface area contributed by atoms with E-state index < -0.39 is 5.97 Å². The van der Waals surface area contributed by atoms with Crippen LogP contribution in [0, 0.1) is 29.1 Å². The van der Waals surface area contributed by atoms with Crippen LogP contribution in [0.25, 0.3) is 0 Å². The molecule has 0 aromatic carbocycles. The van der Waals surface area contributed by atoms with Gasteiger partial charge in [-0.05, 0) is 84.2 Å². The van der Waals surface area contributed by atoms with E-state index in [9.17, 15) is 19.5 Å². The number of ether oxygens (including phenoxy) is 1. The molecule has 0 radical (unpaired) electrons. The van der Waals surface area contributed by atoms with E-state index in [4.69, 9.17) is 4.74 Å². The maximum Gasteiger partial charge on any atom is 0.410 e. The van der Waals surface area contributed by atoms with Crippen molar-refractivity contribution in [3.8, 4) is 11.8 Å². The molecular weight excluding hydrogens is 502 g/mol. The fourth-order valence-electron chi connectivity index (χ4n) is 5.48. The molecule has 0 spiro atoms. The van der Waals surface area contributed by atoms with Crippen molar-refractivity contribution < 1.29 is 24.2 Å². The molecule has 8 nitrogen and oxygen atoms in total. The summed E-state index contributed by atoms with van der Waals surface area (Å²) in [4.78, 5) is 43.4. The Morgan fingerprint density at radius 1 is 1.16 bits per heavy atom. The summed E-state index contributed by atoms with van der Waals surface area (Å²) in [7, 11) is 0. The molecule has 2 atom stereocenters. The fourth-order valence-corrected chi connectivity index (χ4v) is 6.32. The zero-order chi connectivity index (χ0) is 27.4. The summed E-state index contributed by atoms with van der Waals surface area (Å²) in [5, 5.41) is 13.3. The molecule has 2 aliphatic heterocycles. The van der Waals surface area contributed by atoms with Crippen molar-refractivity contribution in [3.63, 3.8) is 0 Å². The molecule has 1 saturated carbocycles. The maximum atomic E-state index is 14.0. The van der Waals surface area contributed by atoms with Crippen LogP contribution < -0.4 is 10.2 Å². The Bertz CT molecular complexity index is 1080. The number of hydrogen-bond acceptors (Lipinski definition) is 6. The largest absolute Gasteiger partial charge is 0.477 e. The number of aromatic carboxylic acids is 1. The number of carboxylic acids is 1. The van der Waals surface area contributed by atoms with Gasteiger partial charge in [0.15, 0.2) is 0 Å². The molecule has 3 fully saturated rings. The van der Waals surface area contributed by atoms with Gasteiger partial charge in [0.05, 0.1) is 16.6 Å². The number of rotatable bonds is 5. The predicted octanol–water partition coefficient (Wildman–Crippen LogP) is 4.97. The molecule has 38 heavy (non-hydrogen) atoms. The van der Waals surface area contributed by atoms with Gasteiger partial charge in [0.2, 0.25) is 5.91 Å². The van der Waals surface area contributed by atoms with Gasteiger partial charge in [0, 0.05) is 31.0 Å². The third-order valence-electron chi connectivity index (χ3n) is 7.64. The number of anilines is 1. The topological polar surface area (TPSA) is 99.2 Å². The van der Waals surface area contributed by atoms with Gasteiger partial charge in [-0.1, -0.05) is 18.8 Å². The molecule has 2 N–H and O–H groups in total. The van der Waals surface area contributed by atoms with Crippen LogP contribution in [0.4, 0.5) is 10.5 Å². The van der Waals surface area contributed by atoms with E-state index in [0.29, 0.717) is 42.5 Å². The van der Waals surface area contributed by atoms with Gasteiger partial charge >= 0.3 is 12.1 Å². The summed E-state index contributed by atoms with van der Waals surface area (Å²) in [6, 6.07) is 1.44. The SMILES string of the molecule is CC(C)(C)C#Cc1cc(N(C(=O)[C@H]2CC[C@H](C)CC2)[C@H]2CCN(C(=O)O[C@@H]3CCCNC3)C2)c(C(=O)O)s1. The van der Waals surface area contributed by atoms with Crippen molar-refractivity contribution >= 4 is 35.0 Å². The lowest BCUT2D eigenvalue weighted by atomic mass is 9.82. The zero-order valence-corrected chi connectivity index (χ0v) is 23.9. The highest BCUT2D eigenvalue weighted by atomic mass is 32.1. The molecule has 1 aromatic rings. The van der Waals surface area contributed by atoms with Gasteiger partial charge < -0.3 is 25.0 Å². The van der Waals surface area contributed by atoms with Crippen molar-refractivity contribution in [2.45, 2.75) is 84.8 Å². The molecule has 4 rings (SSSR count). The second-order valence-electron chi connectivity index (χ2n) is 12.0. The minimum atomic E-state index is -1.07. The third-order valence-corrected chi connectivity index (χ3v) is 8.66. The van der Waals surface area contributed by atoms with E-state index in [-0.39, 0.29) is 40.4 Å². The van der Waals surface area contributed by atoms with Crippen LogP contribution in [0.3, 0.4) is 0 Å². The van der Waals surface area contributed by atoms with Crippen LogP contribution in [-0.2, 0) is 9.53 Å². The molecule has 2 amide bonds. The van der Waals surface area contributed by atoms with Crippen molar-refractivity contribution in [1.29, 1.82) is 0 Å². The summed E-state index contributed by atoms with van der Waals surface area (Å²) >= 11 is 1.11. The number of nitrogens with one attached hydrogen (secondary N) is 1. The highest BCUT2D eigenvalue weighted by Gasteiger charge is 2.40. The molecule has 208 valence electrons. The van der Waals surface area contributed by atoms with E-state index in [1.54, 1.807) is 15.9 Å². The number of amides is 2. The van der Waals surface area contributed by atoms with E-state index in [0.717, 1.165) is 56.4 Å². The van der Waals surface area contributed by atoms with Gasteiger partial charge in [0.25, 0.3) is 0 Å². The van der Waals surface area contributed by atoms with Crippen molar-refractivity contribution in [1.82, 2.24) is 10.2 Å². The molecule has 0 bridgehead atoms. The average Bonchev–Trinajstić information content (AvgIpc) is 3.52. The van der Waals surface area contributed by atoms with E-state index in [1.807, 2.05) is 20.8 Å². The fraction of sp³-hybridized carbons (Fsp3) is 0.690. The third kappa shape index (κ3) is 7.09. The highest BCUT2D eigenvalue weighted by molar-refractivity contribution is 7.15. The highest BCUT2D eigenvalue weighted by Crippen LogP contribution is 2.38. The molecule has 3 aliphatic rings. The monoisotopic (exact) mass is 543 g/mol. The first kappa shape index (κ1) is 28.4. The van der Waals surface area contributed by atoms with Crippen LogP contribution in [0.1, 0.15) is 87.2 Å². The van der Waals surface area contributed by atoms with Gasteiger partial charge in [-0.15, -0.1) is 11.3 Å². The summed E-state index contributed by atoms with van der Waals surface area (Å²) in [5.74, 6) is 5.63. The Hall–Kier alpha value is -2.57. The molecule has 2 saturated heterocycles. The normalized spacial score (nSPS) is 25.8. The lowest BCUT2D eigenvalue weighted by Crippen LogP contribution is -2.47. The number of carbonyl (C=O) groups excluding carboxylic acids is 2. The number of carbonyl (C=O) groups is 3. The molecule has 3 heterocycles. The Kier molecular flexibility index (Phi) is 9.04. The number of piperidine rings is 1. The Labute approximate surface area is 230 Å². The first-order chi connectivity index (χ1) is 18.0. The second kappa shape index (κ2) is 12.1. The Morgan fingerprint density at radius 2 is 1.89 bits per heavy atom. The lowest BCUT2D eigenvalue weighted by Gasteiger charge is -2.34. The van der Waals surface area contributed by atoms with Crippen LogP contribution in [0.5, 0.6) is 0 Å². The molecular formula is C29H41N3O5S. The smallest absolute Gasteiger partial charge is 0.410 e.